The van der Waals surface area contributed by atoms with Gasteiger partial charge < -0.3 is 10.2 Å². The van der Waals surface area contributed by atoms with Gasteiger partial charge in [0, 0.05) is 10.9 Å². The van der Waals surface area contributed by atoms with Gasteiger partial charge in [-0.2, -0.15) is 0 Å². The zero-order valence-electron chi connectivity index (χ0n) is 10.6. The van der Waals surface area contributed by atoms with Gasteiger partial charge in [0.05, 0.1) is 0 Å². The van der Waals surface area contributed by atoms with E-state index in [0.717, 1.165) is 10.0 Å². The van der Waals surface area contributed by atoms with Crippen LogP contribution in [-0.2, 0) is 6.42 Å². The molecule has 3 atom stereocenters. The first-order valence-electron chi connectivity index (χ1n) is 6.40. The van der Waals surface area contributed by atoms with Crippen molar-refractivity contribution in [2.75, 3.05) is 0 Å². The lowest BCUT2D eigenvalue weighted by atomic mass is 9.88. The molecule has 2 aromatic rings. The predicted molar refractivity (Wildman–Crippen MR) is 78.0 cm³/mol. The average molecular weight is 337 g/mol. The molecule has 2 N–H and O–H groups in total. The van der Waals surface area contributed by atoms with Crippen LogP contribution in [0.25, 0.3) is 0 Å². The molecule has 1 aliphatic carbocycles. The van der Waals surface area contributed by atoms with Crippen molar-refractivity contribution in [3.05, 3.63) is 69.7 Å². The topological polar surface area (TPSA) is 40.5 Å². The van der Waals surface area contributed by atoms with E-state index in [1.54, 1.807) is 42.5 Å². The molecule has 0 bridgehead atoms. The molecule has 0 aromatic heterocycles. The van der Waals surface area contributed by atoms with Crippen LogP contribution in [0.3, 0.4) is 0 Å². The molecular weight excluding hydrogens is 323 g/mol. The second-order valence-electron chi connectivity index (χ2n) is 5.16. The van der Waals surface area contributed by atoms with Gasteiger partial charge in [-0.05, 0) is 28.8 Å². The number of benzene rings is 2. The minimum atomic E-state index is -2.09. The van der Waals surface area contributed by atoms with E-state index >= 15 is 4.39 Å². The Kier molecular flexibility index (Phi) is 3.40. The SMILES string of the molecule is O[C@@H](c1ccc(Br)cc1)[C@@]1(F)Cc2ccccc2[C@@H]1O. The molecule has 1 aliphatic rings. The summed E-state index contributed by atoms with van der Waals surface area (Å²) in [6, 6.07) is 13.9. The van der Waals surface area contributed by atoms with E-state index in [4.69, 9.17) is 0 Å². The smallest absolute Gasteiger partial charge is 0.174 e. The first-order valence-corrected chi connectivity index (χ1v) is 7.20. The summed E-state index contributed by atoms with van der Waals surface area (Å²) >= 11 is 3.30. The highest BCUT2D eigenvalue weighted by atomic mass is 79.9. The lowest BCUT2D eigenvalue weighted by molar-refractivity contribution is -0.0862. The van der Waals surface area contributed by atoms with E-state index in [0.29, 0.717) is 11.1 Å². The van der Waals surface area contributed by atoms with Crippen LogP contribution in [0.5, 0.6) is 0 Å². The molecule has 0 saturated heterocycles. The Morgan fingerprint density at radius 3 is 2.45 bits per heavy atom. The number of aliphatic hydroxyl groups excluding tert-OH is 2. The van der Waals surface area contributed by atoms with Gasteiger partial charge in [-0.3, -0.25) is 0 Å². The largest absolute Gasteiger partial charge is 0.385 e. The molecule has 104 valence electrons. The highest BCUT2D eigenvalue weighted by Crippen LogP contribution is 2.48. The summed E-state index contributed by atoms with van der Waals surface area (Å²) in [5, 5.41) is 20.6. The third-order valence-electron chi connectivity index (χ3n) is 3.91. The lowest BCUT2D eigenvalue weighted by Gasteiger charge is -2.29. The van der Waals surface area contributed by atoms with Crippen LogP contribution < -0.4 is 0 Å². The standard InChI is InChI=1S/C16H14BrFO2/c17-12-7-5-10(6-8-12)14(19)16(18)9-11-3-1-2-4-13(11)15(16)20/h1-8,14-15,19-20H,9H2/t14-,15-,16-/m0/s1. The Morgan fingerprint density at radius 1 is 1.15 bits per heavy atom. The Morgan fingerprint density at radius 2 is 1.80 bits per heavy atom. The highest BCUT2D eigenvalue weighted by Gasteiger charge is 2.51. The molecule has 0 aliphatic heterocycles. The maximum atomic E-state index is 15.2. The third-order valence-corrected chi connectivity index (χ3v) is 4.43. The molecule has 3 rings (SSSR count). The molecule has 0 radical (unpaired) electrons. The predicted octanol–water partition coefficient (Wildman–Crippen LogP) is 3.48. The van der Waals surface area contributed by atoms with Crippen molar-refractivity contribution in [1.29, 1.82) is 0 Å². The molecule has 2 nitrogen and oxygen atoms in total. The normalized spacial score (nSPS) is 26.3. The molecule has 0 amide bonds. The van der Waals surface area contributed by atoms with Crippen molar-refractivity contribution in [1.82, 2.24) is 0 Å². The second kappa shape index (κ2) is 4.95. The molecule has 4 heteroatoms. The van der Waals surface area contributed by atoms with E-state index in [2.05, 4.69) is 15.9 Å². The molecule has 0 heterocycles. The van der Waals surface area contributed by atoms with Gasteiger partial charge in [0.15, 0.2) is 5.67 Å². The fourth-order valence-corrected chi connectivity index (χ4v) is 3.04. The number of hydrogen-bond donors (Lipinski definition) is 2. The van der Waals surface area contributed by atoms with Gasteiger partial charge in [0.1, 0.15) is 12.2 Å². The van der Waals surface area contributed by atoms with E-state index in [-0.39, 0.29) is 6.42 Å². The Balaban J connectivity index is 1.96. The first-order chi connectivity index (χ1) is 9.52. The Hall–Kier alpha value is -1.23. The van der Waals surface area contributed by atoms with E-state index in [1.807, 2.05) is 6.07 Å². The number of fused-ring (bicyclic) bond motifs is 1. The zero-order valence-corrected chi connectivity index (χ0v) is 12.2. The van der Waals surface area contributed by atoms with Crippen LogP contribution in [-0.4, -0.2) is 15.9 Å². The van der Waals surface area contributed by atoms with Crippen molar-refractivity contribution >= 4 is 15.9 Å². The number of halogens is 2. The summed E-state index contributed by atoms with van der Waals surface area (Å²) in [6.45, 7) is 0. The van der Waals surface area contributed by atoms with Crippen molar-refractivity contribution < 1.29 is 14.6 Å². The number of alkyl halides is 1. The van der Waals surface area contributed by atoms with Crippen LogP contribution in [0.4, 0.5) is 4.39 Å². The minimum absolute atomic E-state index is 0.0154. The molecular formula is C16H14BrFO2. The van der Waals surface area contributed by atoms with E-state index in [1.165, 1.54) is 0 Å². The van der Waals surface area contributed by atoms with Gasteiger partial charge in [0.25, 0.3) is 0 Å². The first kappa shape index (κ1) is 13.7. The molecule has 0 saturated carbocycles. The van der Waals surface area contributed by atoms with Crippen LogP contribution >= 0.6 is 15.9 Å². The van der Waals surface area contributed by atoms with Crippen LogP contribution in [0.1, 0.15) is 28.9 Å². The van der Waals surface area contributed by atoms with Crippen LogP contribution in [0.2, 0.25) is 0 Å². The van der Waals surface area contributed by atoms with E-state index in [9.17, 15) is 10.2 Å². The summed E-state index contributed by atoms with van der Waals surface area (Å²) in [5.74, 6) is 0. The summed E-state index contributed by atoms with van der Waals surface area (Å²) in [4.78, 5) is 0. The van der Waals surface area contributed by atoms with E-state index < -0.39 is 17.9 Å². The van der Waals surface area contributed by atoms with Crippen molar-refractivity contribution in [2.24, 2.45) is 0 Å². The third kappa shape index (κ3) is 2.08. The van der Waals surface area contributed by atoms with Crippen LogP contribution in [0.15, 0.2) is 53.0 Å². The summed E-state index contributed by atoms with van der Waals surface area (Å²) in [5.41, 5.74) is -0.315. The van der Waals surface area contributed by atoms with Crippen LogP contribution in [0, 0.1) is 0 Å². The minimum Gasteiger partial charge on any atom is -0.385 e. The van der Waals surface area contributed by atoms with Crippen molar-refractivity contribution in [3.8, 4) is 0 Å². The van der Waals surface area contributed by atoms with Crippen molar-refractivity contribution in [3.63, 3.8) is 0 Å². The molecule has 0 fully saturated rings. The van der Waals surface area contributed by atoms with Gasteiger partial charge in [-0.25, -0.2) is 4.39 Å². The Labute approximate surface area is 125 Å². The molecule has 0 spiro atoms. The van der Waals surface area contributed by atoms with Gasteiger partial charge in [0.2, 0.25) is 0 Å². The van der Waals surface area contributed by atoms with Gasteiger partial charge in [-0.1, -0.05) is 52.3 Å². The summed E-state index contributed by atoms with van der Waals surface area (Å²) < 4.78 is 16.0. The average Bonchev–Trinajstić information content (AvgIpc) is 2.72. The zero-order chi connectivity index (χ0) is 14.3. The number of rotatable bonds is 2. The maximum absolute atomic E-state index is 15.2. The van der Waals surface area contributed by atoms with Crippen molar-refractivity contribution in [2.45, 2.75) is 24.3 Å². The molecule has 2 aromatic carbocycles. The molecule has 0 unspecified atom stereocenters. The number of hydrogen-bond acceptors (Lipinski definition) is 2. The van der Waals surface area contributed by atoms with Gasteiger partial charge >= 0.3 is 0 Å². The molecule has 20 heavy (non-hydrogen) atoms. The summed E-state index contributed by atoms with van der Waals surface area (Å²) in [6.07, 6.45) is -2.66. The fourth-order valence-electron chi connectivity index (χ4n) is 2.78. The monoisotopic (exact) mass is 336 g/mol. The lowest BCUT2D eigenvalue weighted by Crippen LogP contribution is -2.36. The van der Waals surface area contributed by atoms with Gasteiger partial charge in [-0.15, -0.1) is 0 Å². The fraction of sp³-hybridized carbons (Fsp3) is 0.250. The quantitative estimate of drug-likeness (QED) is 0.881. The number of aliphatic hydroxyl groups is 2. The second-order valence-corrected chi connectivity index (χ2v) is 6.07. The highest BCUT2D eigenvalue weighted by molar-refractivity contribution is 9.10. The maximum Gasteiger partial charge on any atom is 0.174 e. The summed E-state index contributed by atoms with van der Waals surface area (Å²) in [7, 11) is 0. The Bertz CT molecular complexity index is 629.